The summed E-state index contributed by atoms with van der Waals surface area (Å²) in [6.45, 7) is 0. The molecule has 0 spiro atoms. The third-order valence-electron chi connectivity index (χ3n) is 9.32. The van der Waals surface area contributed by atoms with Crippen LogP contribution in [0.3, 0.4) is 0 Å². The zero-order valence-corrected chi connectivity index (χ0v) is 24.3. The van der Waals surface area contributed by atoms with Crippen LogP contribution >= 0.6 is 0 Å². The standard InChI is InChI=1S/C42H26N2O/c1-2-10-27(11-3-1)28-18-20-29(21-19-28)43-37-15-7-4-12-31(37)34-25-35-32-13-5-8-16-38(32)44(40(35)26-39(34)43)30-22-23-42-36(24-30)33-14-6-9-17-41(33)45-42/h1-26H. The summed E-state index contributed by atoms with van der Waals surface area (Å²) in [7, 11) is 0. The Balaban J connectivity index is 1.27. The lowest BCUT2D eigenvalue weighted by molar-refractivity contribution is 0.669. The molecule has 3 heteroatoms. The summed E-state index contributed by atoms with van der Waals surface area (Å²) in [6, 6.07) is 56.6. The van der Waals surface area contributed by atoms with Gasteiger partial charge in [-0.05, 0) is 71.8 Å². The van der Waals surface area contributed by atoms with Crippen LogP contribution in [0.1, 0.15) is 0 Å². The first-order chi connectivity index (χ1) is 22.3. The van der Waals surface area contributed by atoms with E-state index in [4.69, 9.17) is 4.42 Å². The van der Waals surface area contributed by atoms with Crippen LogP contribution in [-0.4, -0.2) is 9.13 Å². The van der Waals surface area contributed by atoms with Gasteiger partial charge in [-0.1, -0.05) is 97.1 Å². The SMILES string of the molecule is c1ccc(-c2ccc(-n3c4ccccc4c4cc5c6ccccc6n(-c6ccc7oc8ccccc8c7c6)c5cc43)cc2)cc1. The fourth-order valence-electron chi connectivity index (χ4n) is 7.27. The molecule has 0 aliphatic heterocycles. The minimum absolute atomic E-state index is 0.905. The molecule has 0 fully saturated rings. The maximum absolute atomic E-state index is 6.18. The largest absolute Gasteiger partial charge is 0.456 e. The van der Waals surface area contributed by atoms with Gasteiger partial charge >= 0.3 is 0 Å². The molecule has 3 heterocycles. The van der Waals surface area contributed by atoms with E-state index in [1.807, 2.05) is 12.1 Å². The van der Waals surface area contributed by atoms with Crippen molar-refractivity contribution in [3.8, 4) is 22.5 Å². The zero-order chi connectivity index (χ0) is 29.5. The van der Waals surface area contributed by atoms with E-state index in [0.29, 0.717) is 0 Å². The molecule has 10 aromatic rings. The molecule has 45 heavy (non-hydrogen) atoms. The van der Waals surface area contributed by atoms with Crippen molar-refractivity contribution in [1.82, 2.24) is 9.13 Å². The van der Waals surface area contributed by atoms with Gasteiger partial charge in [-0.2, -0.15) is 0 Å². The third-order valence-corrected chi connectivity index (χ3v) is 9.32. The molecule has 0 bridgehead atoms. The first-order valence-electron chi connectivity index (χ1n) is 15.4. The van der Waals surface area contributed by atoms with Gasteiger partial charge in [-0.15, -0.1) is 0 Å². The predicted octanol–water partition coefficient (Wildman–Crippen LogP) is 11.4. The van der Waals surface area contributed by atoms with Crippen molar-refractivity contribution in [3.05, 3.63) is 158 Å². The van der Waals surface area contributed by atoms with E-state index < -0.39 is 0 Å². The van der Waals surface area contributed by atoms with Gasteiger partial charge in [0.05, 0.1) is 22.1 Å². The van der Waals surface area contributed by atoms with E-state index in [-0.39, 0.29) is 0 Å². The molecule has 0 unspecified atom stereocenters. The Bertz CT molecular complexity index is 2740. The molecule has 3 aromatic heterocycles. The van der Waals surface area contributed by atoms with Crippen molar-refractivity contribution in [3.63, 3.8) is 0 Å². The van der Waals surface area contributed by atoms with E-state index >= 15 is 0 Å². The lowest BCUT2D eigenvalue weighted by Crippen LogP contribution is -1.96. The first-order valence-corrected chi connectivity index (χ1v) is 15.4. The predicted molar refractivity (Wildman–Crippen MR) is 188 cm³/mol. The van der Waals surface area contributed by atoms with E-state index in [0.717, 1.165) is 33.3 Å². The summed E-state index contributed by atoms with van der Waals surface area (Å²) < 4.78 is 11.0. The quantitative estimate of drug-likeness (QED) is 0.206. The number of nitrogens with zero attached hydrogens (tertiary/aromatic N) is 2. The molecule has 0 saturated heterocycles. The lowest BCUT2D eigenvalue weighted by atomic mass is 10.1. The van der Waals surface area contributed by atoms with Crippen molar-refractivity contribution in [2.24, 2.45) is 0 Å². The fourth-order valence-corrected chi connectivity index (χ4v) is 7.27. The van der Waals surface area contributed by atoms with Gasteiger partial charge in [0.15, 0.2) is 0 Å². The lowest BCUT2D eigenvalue weighted by Gasteiger charge is -2.11. The molecule has 0 aliphatic carbocycles. The Kier molecular flexibility index (Phi) is 5.00. The Labute approximate surface area is 258 Å². The number of hydrogen-bond donors (Lipinski definition) is 0. The van der Waals surface area contributed by atoms with Gasteiger partial charge in [0.2, 0.25) is 0 Å². The maximum Gasteiger partial charge on any atom is 0.135 e. The Morgan fingerprint density at radius 2 is 0.844 bits per heavy atom. The Morgan fingerprint density at radius 1 is 0.311 bits per heavy atom. The smallest absolute Gasteiger partial charge is 0.135 e. The van der Waals surface area contributed by atoms with Gasteiger partial charge in [-0.25, -0.2) is 0 Å². The monoisotopic (exact) mass is 574 g/mol. The van der Waals surface area contributed by atoms with Gasteiger partial charge in [0.25, 0.3) is 0 Å². The molecule has 0 atom stereocenters. The number of para-hydroxylation sites is 3. The number of benzene rings is 7. The number of furan rings is 1. The topological polar surface area (TPSA) is 23.0 Å². The van der Waals surface area contributed by atoms with Crippen molar-refractivity contribution in [1.29, 1.82) is 0 Å². The van der Waals surface area contributed by atoms with Crippen LogP contribution in [0.4, 0.5) is 0 Å². The number of hydrogen-bond acceptors (Lipinski definition) is 1. The number of fused-ring (bicyclic) bond motifs is 9. The molecule has 0 radical (unpaired) electrons. The van der Waals surface area contributed by atoms with Crippen LogP contribution in [0.2, 0.25) is 0 Å². The highest BCUT2D eigenvalue weighted by Gasteiger charge is 2.19. The number of aromatic nitrogens is 2. The average Bonchev–Trinajstić information content (AvgIpc) is 3.75. The van der Waals surface area contributed by atoms with Gasteiger partial charge in [0.1, 0.15) is 11.2 Å². The van der Waals surface area contributed by atoms with Crippen LogP contribution in [0.25, 0.3) is 88.1 Å². The summed E-state index contributed by atoms with van der Waals surface area (Å²) in [5.74, 6) is 0. The Morgan fingerprint density at radius 3 is 1.56 bits per heavy atom. The summed E-state index contributed by atoms with van der Waals surface area (Å²) in [6.07, 6.45) is 0. The molecule has 0 aliphatic rings. The highest BCUT2D eigenvalue weighted by molar-refractivity contribution is 6.19. The molecule has 0 amide bonds. The summed E-state index contributed by atoms with van der Waals surface area (Å²) >= 11 is 0. The minimum Gasteiger partial charge on any atom is -0.456 e. The van der Waals surface area contributed by atoms with Gasteiger partial charge in [-0.3, -0.25) is 0 Å². The van der Waals surface area contributed by atoms with Crippen LogP contribution in [0, 0.1) is 0 Å². The van der Waals surface area contributed by atoms with E-state index in [2.05, 4.69) is 155 Å². The van der Waals surface area contributed by atoms with E-state index in [1.54, 1.807) is 0 Å². The van der Waals surface area contributed by atoms with Crippen LogP contribution in [0.15, 0.2) is 162 Å². The Hall–Kier alpha value is -6.06. The van der Waals surface area contributed by atoms with Crippen molar-refractivity contribution in [2.75, 3.05) is 0 Å². The van der Waals surface area contributed by atoms with E-state index in [1.165, 1.54) is 54.7 Å². The molecule has 10 rings (SSSR count). The minimum atomic E-state index is 0.905. The van der Waals surface area contributed by atoms with Crippen LogP contribution in [0.5, 0.6) is 0 Å². The van der Waals surface area contributed by atoms with E-state index in [9.17, 15) is 0 Å². The normalized spacial score (nSPS) is 12.0. The summed E-state index contributed by atoms with van der Waals surface area (Å²) in [5, 5.41) is 7.27. The second kappa shape index (κ2) is 9.22. The van der Waals surface area contributed by atoms with Gasteiger partial charge < -0.3 is 13.6 Å². The zero-order valence-electron chi connectivity index (χ0n) is 24.3. The maximum atomic E-state index is 6.18. The van der Waals surface area contributed by atoms with Crippen molar-refractivity contribution in [2.45, 2.75) is 0 Å². The van der Waals surface area contributed by atoms with Crippen molar-refractivity contribution >= 4 is 65.6 Å². The van der Waals surface area contributed by atoms with Crippen LogP contribution < -0.4 is 0 Å². The second-order valence-electron chi connectivity index (χ2n) is 11.8. The molecular weight excluding hydrogens is 548 g/mol. The van der Waals surface area contributed by atoms with Crippen LogP contribution in [-0.2, 0) is 0 Å². The molecule has 7 aromatic carbocycles. The average molecular weight is 575 g/mol. The fraction of sp³-hybridized carbons (Fsp3) is 0. The highest BCUT2D eigenvalue weighted by atomic mass is 16.3. The van der Waals surface area contributed by atoms with Gasteiger partial charge in [0, 0.05) is 43.7 Å². The number of rotatable bonds is 3. The third kappa shape index (κ3) is 3.52. The summed E-state index contributed by atoms with van der Waals surface area (Å²) in [5.41, 5.74) is 11.3. The molecule has 0 saturated carbocycles. The second-order valence-corrected chi connectivity index (χ2v) is 11.8. The molecule has 3 nitrogen and oxygen atoms in total. The highest BCUT2D eigenvalue weighted by Crippen LogP contribution is 2.40. The molecular formula is C42H26N2O. The molecule has 0 N–H and O–H groups in total. The first kappa shape index (κ1) is 24.4. The molecule has 210 valence electrons. The summed E-state index contributed by atoms with van der Waals surface area (Å²) in [4.78, 5) is 0. The van der Waals surface area contributed by atoms with Crippen molar-refractivity contribution < 1.29 is 4.42 Å².